The van der Waals surface area contributed by atoms with Gasteiger partial charge in [0.2, 0.25) is 0 Å². The fourth-order valence-electron chi connectivity index (χ4n) is 1.42. The monoisotopic (exact) mass is 282 g/mol. The maximum absolute atomic E-state index is 8.80. The summed E-state index contributed by atoms with van der Waals surface area (Å²) in [6.07, 6.45) is 4.77. The lowest BCUT2D eigenvalue weighted by molar-refractivity contribution is 0.0729. The van der Waals surface area contributed by atoms with Crippen molar-refractivity contribution < 1.29 is 9.84 Å². The number of hydrogen-bond donors (Lipinski definition) is 1. The molecule has 1 atom stereocenters. The van der Waals surface area contributed by atoms with Crippen LogP contribution in [0, 0.1) is 5.41 Å². The second-order valence-electron chi connectivity index (χ2n) is 5.27. The molecule has 0 aliphatic carbocycles. The fraction of sp³-hybridized carbons (Fsp3) is 0.667. The van der Waals surface area contributed by atoms with Crippen LogP contribution in [-0.4, -0.2) is 17.8 Å². The van der Waals surface area contributed by atoms with E-state index in [-0.39, 0.29) is 18.1 Å². The Labute approximate surface area is 126 Å². The third-order valence-corrected chi connectivity index (χ3v) is 2.93. The van der Waals surface area contributed by atoms with Gasteiger partial charge in [0.1, 0.15) is 11.9 Å². The number of ether oxygens (including phenoxy) is 1. The van der Waals surface area contributed by atoms with Crippen LogP contribution in [0.5, 0.6) is 0 Å². The molecule has 0 aromatic carbocycles. The molecule has 20 heavy (non-hydrogen) atoms. The summed E-state index contributed by atoms with van der Waals surface area (Å²) in [7, 11) is 0. The predicted octanol–water partition coefficient (Wildman–Crippen LogP) is 5.25. The zero-order chi connectivity index (χ0) is 16.3. The minimum Gasteiger partial charge on any atom is -0.486 e. The Morgan fingerprint density at radius 2 is 1.75 bits per heavy atom. The summed E-state index contributed by atoms with van der Waals surface area (Å²) in [6.45, 7) is 20.7. The predicted molar refractivity (Wildman–Crippen MR) is 89.7 cm³/mol. The Hall–Kier alpha value is -1.02. The van der Waals surface area contributed by atoms with Gasteiger partial charge in [-0.3, -0.25) is 0 Å². The van der Waals surface area contributed by atoms with Gasteiger partial charge < -0.3 is 9.84 Å². The first kappa shape index (κ1) is 21.3. The zero-order valence-corrected chi connectivity index (χ0v) is 14.7. The van der Waals surface area contributed by atoms with E-state index >= 15 is 0 Å². The highest BCUT2D eigenvalue weighted by atomic mass is 16.5. The summed E-state index contributed by atoms with van der Waals surface area (Å²) in [5, 5.41) is 8.80. The van der Waals surface area contributed by atoms with Gasteiger partial charge >= 0.3 is 0 Å². The Morgan fingerprint density at radius 3 is 2.10 bits per heavy atom. The zero-order valence-electron chi connectivity index (χ0n) is 14.7. The van der Waals surface area contributed by atoms with Crippen molar-refractivity contribution >= 4 is 0 Å². The molecule has 0 bridgehead atoms. The molecule has 0 spiro atoms. The molecule has 0 saturated carbocycles. The van der Waals surface area contributed by atoms with Gasteiger partial charge in [0.25, 0.3) is 0 Å². The lowest BCUT2D eigenvalue weighted by Gasteiger charge is -2.31. The molecule has 2 nitrogen and oxygen atoms in total. The van der Waals surface area contributed by atoms with E-state index in [4.69, 9.17) is 9.84 Å². The molecule has 1 aliphatic heterocycles. The third kappa shape index (κ3) is 6.95. The highest BCUT2D eigenvalue weighted by Crippen LogP contribution is 2.31. The van der Waals surface area contributed by atoms with E-state index < -0.39 is 0 Å². The maximum atomic E-state index is 8.80. The second kappa shape index (κ2) is 10.7. The summed E-state index contributed by atoms with van der Waals surface area (Å²) < 4.78 is 5.55. The number of aliphatic hydroxyl groups is 1. The van der Waals surface area contributed by atoms with Gasteiger partial charge in [-0.1, -0.05) is 61.1 Å². The number of allylic oxidation sites excluding steroid dienone is 3. The minimum atomic E-state index is 0.0964. The van der Waals surface area contributed by atoms with Crippen LogP contribution in [0.15, 0.2) is 35.6 Å². The van der Waals surface area contributed by atoms with Crippen molar-refractivity contribution in [3.05, 3.63) is 35.6 Å². The van der Waals surface area contributed by atoms with E-state index in [1.54, 1.807) is 0 Å². The van der Waals surface area contributed by atoms with Crippen LogP contribution < -0.4 is 0 Å². The molecule has 1 aliphatic rings. The highest BCUT2D eigenvalue weighted by molar-refractivity contribution is 5.34. The van der Waals surface area contributed by atoms with E-state index in [2.05, 4.69) is 27.4 Å². The van der Waals surface area contributed by atoms with Crippen LogP contribution in [0.1, 0.15) is 61.8 Å². The number of hydrogen-bond acceptors (Lipinski definition) is 2. The molecule has 0 aromatic rings. The normalized spacial score (nSPS) is 17.4. The van der Waals surface area contributed by atoms with Crippen LogP contribution in [-0.2, 0) is 4.74 Å². The molecular formula is C18H34O2. The van der Waals surface area contributed by atoms with Gasteiger partial charge in [0.15, 0.2) is 0 Å². The smallest absolute Gasteiger partial charge is 0.125 e. The summed E-state index contributed by atoms with van der Waals surface area (Å²) in [5.74, 6) is 0.920. The summed E-state index contributed by atoms with van der Waals surface area (Å²) in [5.41, 5.74) is 2.40. The van der Waals surface area contributed by atoms with Gasteiger partial charge in [-0.2, -0.15) is 0 Å². The maximum Gasteiger partial charge on any atom is 0.125 e. The number of rotatable bonds is 4. The first-order valence-corrected chi connectivity index (χ1v) is 7.72. The SMILES string of the molecule is C=C(/C=C\C1=C(C)C(CCO)O1)C(C)(C)C.CC.CC. The average molecular weight is 282 g/mol. The van der Waals surface area contributed by atoms with E-state index in [0.29, 0.717) is 6.42 Å². The number of aliphatic hydroxyl groups excluding tert-OH is 1. The highest BCUT2D eigenvalue weighted by Gasteiger charge is 2.25. The molecule has 1 N–H and O–H groups in total. The molecule has 0 radical (unpaired) electrons. The van der Waals surface area contributed by atoms with Crippen molar-refractivity contribution in [1.82, 2.24) is 0 Å². The van der Waals surface area contributed by atoms with E-state index in [9.17, 15) is 0 Å². The summed E-state index contributed by atoms with van der Waals surface area (Å²) >= 11 is 0. The van der Waals surface area contributed by atoms with Crippen molar-refractivity contribution in [1.29, 1.82) is 0 Å². The first-order valence-electron chi connectivity index (χ1n) is 7.72. The molecule has 0 saturated heterocycles. The van der Waals surface area contributed by atoms with E-state index in [1.807, 2.05) is 46.8 Å². The van der Waals surface area contributed by atoms with Crippen molar-refractivity contribution in [3.63, 3.8) is 0 Å². The van der Waals surface area contributed by atoms with Crippen LogP contribution >= 0.6 is 0 Å². The lowest BCUT2D eigenvalue weighted by Crippen LogP contribution is -2.26. The molecule has 2 heteroatoms. The molecule has 0 aromatic heterocycles. The van der Waals surface area contributed by atoms with Gasteiger partial charge in [-0.15, -0.1) is 0 Å². The Balaban J connectivity index is 0. The lowest BCUT2D eigenvalue weighted by atomic mass is 9.87. The van der Waals surface area contributed by atoms with E-state index in [1.165, 1.54) is 5.57 Å². The first-order chi connectivity index (χ1) is 9.36. The van der Waals surface area contributed by atoms with E-state index in [0.717, 1.165) is 11.3 Å². The van der Waals surface area contributed by atoms with Crippen LogP contribution in [0.25, 0.3) is 0 Å². The largest absolute Gasteiger partial charge is 0.486 e. The Kier molecular flexibility index (Phi) is 11.4. The van der Waals surface area contributed by atoms with Crippen molar-refractivity contribution in [2.45, 2.75) is 67.9 Å². The van der Waals surface area contributed by atoms with Gasteiger partial charge in [0.05, 0.1) is 0 Å². The molecule has 0 fully saturated rings. The average Bonchev–Trinajstić information content (AvgIpc) is 2.44. The topological polar surface area (TPSA) is 29.5 Å². The Bertz CT molecular complexity index is 330. The molecule has 118 valence electrons. The van der Waals surface area contributed by atoms with Crippen molar-refractivity contribution in [2.24, 2.45) is 5.41 Å². The molecule has 1 rings (SSSR count). The van der Waals surface area contributed by atoms with Gasteiger partial charge in [-0.25, -0.2) is 0 Å². The fourth-order valence-corrected chi connectivity index (χ4v) is 1.42. The molecule has 1 unspecified atom stereocenters. The minimum absolute atomic E-state index is 0.0964. The second-order valence-corrected chi connectivity index (χ2v) is 5.27. The van der Waals surface area contributed by atoms with Crippen molar-refractivity contribution in [3.8, 4) is 0 Å². The Morgan fingerprint density at radius 1 is 1.25 bits per heavy atom. The van der Waals surface area contributed by atoms with Crippen LogP contribution in [0.3, 0.4) is 0 Å². The van der Waals surface area contributed by atoms with Gasteiger partial charge in [0, 0.05) is 18.6 Å². The summed E-state index contributed by atoms with van der Waals surface area (Å²) in [4.78, 5) is 0. The molecule has 0 amide bonds. The van der Waals surface area contributed by atoms with Crippen LogP contribution in [0.4, 0.5) is 0 Å². The van der Waals surface area contributed by atoms with Crippen molar-refractivity contribution in [2.75, 3.05) is 6.61 Å². The van der Waals surface area contributed by atoms with Crippen LogP contribution in [0.2, 0.25) is 0 Å². The van der Waals surface area contributed by atoms with Gasteiger partial charge in [-0.05, 0) is 24.0 Å². The third-order valence-electron chi connectivity index (χ3n) is 2.93. The molecule has 1 heterocycles. The molecular weight excluding hydrogens is 248 g/mol. The standard InChI is InChI=1S/C14H22O2.2C2H6/c1-10(14(3,4)5)6-7-12-11(2)13(16-12)8-9-15;2*1-2/h6-7,13,15H,1,8-9H2,2-5H3;2*1-2H3/b7-6-;;. The quantitative estimate of drug-likeness (QED) is 0.713. The summed E-state index contributed by atoms with van der Waals surface area (Å²) in [6, 6.07) is 0.